The maximum Gasteiger partial charge on any atom is 0.234 e. The quantitative estimate of drug-likeness (QED) is 0.866. The number of nitrogens with one attached hydrogen (secondary N) is 2. The van der Waals surface area contributed by atoms with Crippen molar-refractivity contribution in [2.45, 2.75) is 51.6 Å². The molecular weight excluding hydrogens is 296 g/mol. The third-order valence-electron chi connectivity index (χ3n) is 5.32. The van der Waals surface area contributed by atoms with Crippen molar-refractivity contribution in [1.29, 1.82) is 0 Å². The van der Waals surface area contributed by atoms with Crippen LogP contribution in [0, 0.1) is 5.92 Å². The molecule has 2 N–H and O–H groups in total. The summed E-state index contributed by atoms with van der Waals surface area (Å²) in [4.78, 5) is 12.3. The minimum Gasteiger partial charge on any atom is -0.352 e. The Morgan fingerprint density at radius 1 is 1.12 bits per heavy atom. The second kappa shape index (κ2) is 7.80. The summed E-state index contributed by atoms with van der Waals surface area (Å²) in [5.41, 5.74) is 1.24. The van der Waals surface area contributed by atoms with Crippen LogP contribution in [0.3, 0.4) is 0 Å². The van der Waals surface area contributed by atoms with Crippen molar-refractivity contribution < 1.29 is 4.79 Å². The van der Waals surface area contributed by atoms with E-state index in [9.17, 15) is 4.79 Å². The number of fused-ring (bicyclic) bond motifs is 1. The molecule has 2 aromatic rings. The predicted molar refractivity (Wildman–Crippen MR) is 99.9 cm³/mol. The largest absolute Gasteiger partial charge is 0.352 e. The number of carbonyl (C=O) groups is 1. The van der Waals surface area contributed by atoms with Crippen LogP contribution in [0.15, 0.2) is 42.5 Å². The summed E-state index contributed by atoms with van der Waals surface area (Å²) in [5, 5.41) is 9.09. The Kier molecular flexibility index (Phi) is 5.52. The molecule has 3 atom stereocenters. The van der Waals surface area contributed by atoms with Gasteiger partial charge in [0.2, 0.25) is 5.91 Å². The molecular formula is C21H28N2O. The van der Waals surface area contributed by atoms with Crippen molar-refractivity contribution >= 4 is 16.7 Å². The first-order valence-electron chi connectivity index (χ1n) is 9.15. The van der Waals surface area contributed by atoms with Crippen LogP contribution in [0.4, 0.5) is 0 Å². The van der Waals surface area contributed by atoms with E-state index in [1.165, 1.54) is 35.6 Å². The molecule has 0 aliphatic heterocycles. The highest BCUT2D eigenvalue weighted by molar-refractivity contribution is 5.86. The van der Waals surface area contributed by atoms with Gasteiger partial charge in [-0.1, -0.05) is 62.2 Å². The van der Waals surface area contributed by atoms with Gasteiger partial charge in [-0.15, -0.1) is 0 Å². The molecule has 1 saturated carbocycles. The summed E-state index contributed by atoms with van der Waals surface area (Å²) in [6.07, 6.45) is 4.87. The highest BCUT2D eigenvalue weighted by Gasteiger charge is 2.22. The van der Waals surface area contributed by atoms with E-state index < -0.39 is 0 Å². The highest BCUT2D eigenvalue weighted by atomic mass is 16.2. The van der Waals surface area contributed by atoms with Crippen LogP contribution in [0.1, 0.15) is 51.1 Å². The van der Waals surface area contributed by atoms with E-state index in [1.54, 1.807) is 0 Å². The van der Waals surface area contributed by atoms with Crippen molar-refractivity contribution in [3.8, 4) is 0 Å². The zero-order valence-electron chi connectivity index (χ0n) is 14.7. The van der Waals surface area contributed by atoms with Crippen molar-refractivity contribution in [3.63, 3.8) is 0 Å². The molecule has 1 aliphatic rings. The monoisotopic (exact) mass is 324 g/mol. The Morgan fingerprint density at radius 3 is 2.71 bits per heavy atom. The first-order chi connectivity index (χ1) is 11.6. The van der Waals surface area contributed by atoms with E-state index in [2.05, 4.69) is 66.9 Å². The fourth-order valence-corrected chi connectivity index (χ4v) is 3.77. The van der Waals surface area contributed by atoms with Crippen LogP contribution in [-0.2, 0) is 4.79 Å². The topological polar surface area (TPSA) is 41.1 Å². The summed E-state index contributed by atoms with van der Waals surface area (Å²) < 4.78 is 0. The third-order valence-corrected chi connectivity index (χ3v) is 5.32. The van der Waals surface area contributed by atoms with Gasteiger partial charge in [-0.25, -0.2) is 0 Å². The van der Waals surface area contributed by atoms with E-state index in [0.29, 0.717) is 18.5 Å². The smallest absolute Gasteiger partial charge is 0.234 e. The fraction of sp³-hybridized carbons (Fsp3) is 0.476. The fourth-order valence-electron chi connectivity index (χ4n) is 3.77. The summed E-state index contributed by atoms with van der Waals surface area (Å²) >= 11 is 0. The molecule has 0 aromatic heterocycles. The molecule has 3 heteroatoms. The Labute approximate surface area is 144 Å². The predicted octanol–water partition coefficient (Wildman–Crippen LogP) is 4.19. The van der Waals surface area contributed by atoms with Crippen molar-refractivity contribution in [1.82, 2.24) is 10.6 Å². The lowest BCUT2D eigenvalue weighted by molar-refractivity contribution is -0.121. The first kappa shape index (κ1) is 17.0. The zero-order valence-corrected chi connectivity index (χ0v) is 14.7. The number of amides is 1. The molecule has 0 radical (unpaired) electrons. The number of benzene rings is 2. The van der Waals surface area contributed by atoms with E-state index in [4.69, 9.17) is 0 Å². The molecule has 1 fully saturated rings. The maximum atomic E-state index is 12.3. The van der Waals surface area contributed by atoms with Gasteiger partial charge in [0.1, 0.15) is 0 Å². The Hall–Kier alpha value is -1.87. The molecule has 3 nitrogen and oxygen atoms in total. The molecule has 0 unspecified atom stereocenters. The Bertz CT molecular complexity index is 692. The van der Waals surface area contributed by atoms with Crippen LogP contribution >= 0.6 is 0 Å². The molecule has 0 spiro atoms. The molecule has 0 heterocycles. The van der Waals surface area contributed by atoms with Gasteiger partial charge in [-0.05, 0) is 42.0 Å². The SMILES string of the molecule is C[C@H](NCC(=O)N[C@@H]1CCCC[C@H]1C)c1cccc2ccccc12. The van der Waals surface area contributed by atoms with Gasteiger partial charge in [0.05, 0.1) is 6.54 Å². The molecule has 24 heavy (non-hydrogen) atoms. The van der Waals surface area contributed by atoms with Crippen molar-refractivity contribution in [2.24, 2.45) is 5.92 Å². The molecule has 0 bridgehead atoms. The molecule has 0 saturated heterocycles. The number of hydrogen-bond acceptors (Lipinski definition) is 2. The standard InChI is InChI=1S/C21H28N2O/c1-15-8-3-6-13-20(15)23-21(24)14-22-16(2)18-12-7-10-17-9-4-5-11-19(17)18/h4-5,7,9-12,15-16,20,22H,3,6,8,13-14H2,1-2H3,(H,23,24)/t15-,16+,20-/m1/s1. The second-order valence-corrected chi connectivity index (χ2v) is 7.11. The number of hydrogen-bond donors (Lipinski definition) is 2. The van der Waals surface area contributed by atoms with E-state index in [1.807, 2.05) is 0 Å². The van der Waals surface area contributed by atoms with Gasteiger partial charge in [-0.3, -0.25) is 4.79 Å². The van der Waals surface area contributed by atoms with Crippen LogP contribution in [0.2, 0.25) is 0 Å². The van der Waals surface area contributed by atoms with Gasteiger partial charge < -0.3 is 10.6 Å². The van der Waals surface area contributed by atoms with E-state index in [0.717, 1.165) is 6.42 Å². The van der Waals surface area contributed by atoms with Crippen LogP contribution in [0.5, 0.6) is 0 Å². The van der Waals surface area contributed by atoms with E-state index in [-0.39, 0.29) is 11.9 Å². The van der Waals surface area contributed by atoms with Gasteiger partial charge in [0.25, 0.3) is 0 Å². The van der Waals surface area contributed by atoms with Crippen molar-refractivity contribution in [3.05, 3.63) is 48.0 Å². The van der Waals surface area contributed by atoms with Gasteiger partial charge in [-0.2, -0.15) is 0 Å². The Morgan fingerprint density at radius 2 is 1.88 bits per heavy atom. The summed E-state index contributed by atoms with van der Waals surface area (Å²) in [6, 6.07) is 15.2. The summed E-state index contributed by atoms with van der Waals surface area (Å²) in [6.45, 7) is 4.74. The Balaban J connectivity index is 1.58. The van der Waals surface area contributed by atoms with Crippen LogP contribution in [-0.4, -0.2) is 18.5 Å². The van der Waals surface area contributed by atoms with Gasteiger partial charge in [0.15, 0.2) is 0 Å². The lowest BCUT2D eigenvalue weighted by atomic mass is 9.86. The molecule has 1 aliphatic carbocycles. The lowest BCUT2D eigenvalue weighted by Gasteiger charge is -2.29. The zero-order chi connectivity index (χ0) is 16.9. The molecule has 128 valence electrons. The molecule has 2 aromatic carbocycles. The average molecular weight is 324 g/mol. The minimum absolute atomic E-state index is 0.112. The molecule has 3 rings (SSSR count). The number of carbonyl (C=O) groups excluding carboxylic acids is 1. The third kappa shape index (κ3) is 3.96. The second-order valence-electron chi connectivity index (χ2n) is 7.11. The summed E-state index contributed by atoms with van der Waals surface area (Å²) in [5.74, 6) is 0.707. The summed E-state index contributed by atoms with van der Waals surface area (Å²) in [7, 11) is 0. The van der Waals surface area contributed by atoms with Crippen molar-refractivity contribution in [2.75, 3.05) is 6.54 Å². The first-order valence-corrected chi connectivity index (χ1v) is 9.15. The normalized spacial score (nSPS) is 22.2. The molecule has 1 amide bonds. The van der Waals surface area contributed by atoms with Gasteiger partial charge in [0, 0.05) is 12.1 Å². The van der Waals surface area contributed by atoms with E-state index >= 15 is 0 Å². The number of rotatable bonds is 5. The maximum absolute atomic E-state index is 12.3. The lowest BCUT2D eigenvalue weighted by Crippen LogP contribution is -2.45. The van der Waals surface area contributed by atoms with Crippen LogP contribution < -0.4 is 10.6 Å². The van der Waals surface area contributed by atoms with Gasteiger partial charge >= 0.3 is 0 Å². The highest BCUT2D eigenvalue weighted by Crippen LogP contribution is 2.25. The van der Waals surface area contributed by atoms with Crippen LogP contribution in [0.25, 0.3) is 10.8 Å². The minimum atomic E-state index is 0.112. The average Bonchev–Trinajstić information content (AvgIpc) is 2.61.